The number of rotatable bonds is 13. The van der Waals surface area contributed by atoms with E-state index in [0.717, 1.165) is 28.2 Å². The SMILES string of the molecule is COC[C@H](C)n1c(COc2ccccc2F)nnc1SCC(=O)N[C@@H](Cc1c[nH]c2ccccc12)C(=O)O. The number of carbonyl (C=O) groups excluding carboxylic acids is 1. The third kappa shape index (κ3) is 6.50. The van der Waals surface area contributed by atoms with E-state index in [1.54, 1.807) is 30.0 Å². The van der Waals surface area contributed by atoms with Crippen LogP contribution in [-0.4, -0.2) is 62.2 Å². The van der Waals surface area contributed by atoms with Crippen LogP contribution >= 0.6 is 11.8 Å². The van der Waals surface area contributed by atoms with Gasteiger partial charge in [0.1, 0.15) is 12.6 Å². The zero-order valence-corrected chi connectivity index (χ0v) is 21.7. The average Bonchev–Trinajstić information content (AvgIpc) is 3.50. The molecule has 4 aromatic rings. The van der Waals surface area contributed by atoms with Crippen molar-refractivity contribution >= 4 is 34.5 Å². The molecule has 1 amide bonds. The van der Waals surface area contributed by atoms with Crippen molar-refractivity contribution in [2.75, 3.05) is 19.5 Å². The van der Waals surface area contributed by atoms with E-state index in [1.807, 2.05) is 31.2 Å². The molecule has 2 aromatic heterocycles. The molecule has 0 aliphatic carbocycles. The lowest BCUT2D eigenvalue weighted by Gasteiger charge is -2.18. The predicted molar refractivity (Wildman–Crippen MR) is 140 cm³/mol. The summed E-state index contributed by atoms with van der Waals surface area (Å²) in [6, 6.07) is 12.3. The molecule has 0 bridgehead atoms. The summed E-state index contributed by atoms with van der Waals surface area (Å²) < 4.78 is 26.6. The number of methoxy groups -OCH3 is 1. The van der Waals surface area contributed by atoms with E-state index in [1.165, 1.54) is 12.1 Å². The number of hydrogen-bond donors (Lipinski definition) is 3. The van der Waals surface area contributed by atoms with Crippen molar-refractivity contribution in [3.05, 3.63) is 71.9 Å². The number of amides is 1. The number of thioether (sulfide) groups is 1. The van der Waals surface area contributed by atoms with E-state index in [2.05, 4.69) is 20.5 Å². The highest BCUT2D eigenvalue weighted by molar-refractivity contribution is 7.99. The Hall–Kier alpha value is -3.90. The maximum Gasteiger partial charge on any atom is 0.326 e. The second-order valence-corrected chi connectivity index (χ2v) is 9.55. The van der Waals surface area contributed by atoms with Gasteiger partial charge in [0.25, 0.3) is 0 Å². The molecule has 0 saturated heterocycles. The van der Waals surface area contributed by atoms with Crippen LogP contribution in [0.5, 0.6) is 5.75 Å². The van der Waals surface area contributed by atoms with Crippen molar-refractivity contribution in [3.8, 4) is 5.75 Å². The first-order valence-electron chi connectivity index (χ1n) is 11.9. The van der Waals surface area contributed by atoms with Crippen LogP contribution in [0, 0.1) is 5.82 Å². The lowest BCUT2D eigenvalue weighted by Crippen LogP contribution is -2.43. The first-order valence-corrected chi connectivity index (χ1v) is 12.9. The maximum atomic E-state index is 14.0. The molecule has 2 heterocycles. The standard InChI is InChI=1S/C26H28FN5O5S/c1-16(13-36-2)32-23(14-37-22-10-6-4-8-19(22)27)30-31-26(32)38-15-24(33)29-21(25(34)35)11-17-12-28-20-9-5-3-7-18(17)20/h3-10,12,16,21,28H,11,13-15H2,1-2H3,(H,29,33)(H,34,35)/t16-,21-/m0/s1. The van der Waals surface area contributed by atoms with Gasteiger partial charge >= 0.3 is 5.97 Å². The van der Waals surface area contributed by atoms with Crippen LogP contribution in [0.3, 0.4) is 0 Å². The van der Waals surface area contributed by atoms with Crippen molar-refractivity contribution in [1.29, 1.82) is 0 Å². The number of H-pyrrole nitrogens is 1. The number of carbonyl (C=O) groups is 2. The third-order valence-corrected chi connectivity index (χ3v) is 6.78. The number of ether oxygens (including phenoxy) is 2. The summed E-state index contributed by atoms with van der Waals surface area (Å²) in [5.41, 5.74) is 1.70. The fourth-order valence-corrected chi connectivity index (χ4v) is 4.92. The van der Waals surface area contributed by atoms with Crippen LogP contribution in [0.15, 0.2) is 59.9 Å². The van der Waals surface area contributed by atoms with Crippen LogP contribution in [0.25, 0.3) is 10.9 Å². The first kappa shape index (κ1) is 27.1. The van der Waals surface area contributed by atoms with Crippen molar-refractivity contribution in [1.82, 2.24) is 25.1 Å². The molecule has 2 atom stereocenters. The van der Waals surface area contributed by atoms with Crippen LogP contribution in [0.2, 0.25) is 0 Å². The number of fused-ring (bicyclic) bond motifs is 1. The van der Waals surface area contributed by atoms with Gasteiger partial charge in [-0.05, 0) is 30.7 Å². The summed E-state index contributed by atoms with van der Waals surface area (Å²) in [6.07, 6.45) is 1.89. The summed E-state index contributed by atoms with van der Waals surface area (Å²) in [5, 5.41) is 22.0. The molecule has 12 heteroatoms. The van der Waals surface area contributed by atoms with Gasteiger partial charge in [-0.1, -0.05) is 42.1 Å². The molecule has 3 N–H and O–H groups in total. The molecule has 0 spiro atoms. The molecule has 0 aliphatic rings. The van der Waals surface area contributed by atoms with Crippen molar-refractivity contribution in [2.45, 2.75) is 37.2 Å². The predicted octanol–water partition coefficient (Wildman–Crippen LogP) is 3.59. The van der Waals surface area contributed by atoms with Gasteiger partial charge in [-0.15, -0.1) is 10.2 Å². The second-order valence-electron chi connectivity index (χ2n) is 8.60. The smallest absolute Gasteiger partial charge is 0.326 e. The number of carboxylic acid groups (broad SMARTS) is 1. The highest BCUT2D eigenvalue weighted by atomic mass is 32.2. The summed E-state index contributed by atoms with van der Waals surface area (Å²) in [4.78, 5) is 27.7. The van der Waals surface area contributed by atoms with Crippen molar-refractivity contribution < 1.29 is 28.6 Å². The molecular formula is C26H28FN5O5S. The number of nitrogens with zero attached hydrogens (tertiary/aromatic N) is 3. The Kier molecular flexibility index (Phi) is 8.98. The largest absolute Gasteiger partial charge is 0.483 e. The van der Waals surface area contributed by atoms with E-state index in [0.29, 0.717) is 17.6 Å². The normalized spacial score (nSPS) is 12.8. The minimum absolute atomic E-state index is 0.0412. The molecule has 38 heavy (non-hydrogen) atoms. The number of nitrogens with one attached hydrogen (secondary N) is 2. The number of aromatic amines is 1. The second kappa shape index (κ2) is 12.6. The Morgan fingerprint density at radius 3 is 2.71 bits per heavy atom. The van der Waals surface area contributed by atoms with Crippen LogP contribution < -0.4 is 10.1 Å². The Labute approximate surface area is 222 Å². The van der Waals surface area contributed by atoms with E-state index in [-0.39, 0.29) is 30.6 Å². The van der Waals surface area contributed by atoms with Crippen LogP contribution in [0.1, 0.15) is 24.4 Å². The monoisotopic (exact) mass is 541 g/mol. The number of halogens is 1. The summed E-state index contributed by atoms with van der Waals surface area (Å²) in [6.45, 7) is 2.20. The molecular weight excluding hydrogens is 513 g/mol. The molecule has 2 aromatic carbocycles. The summed E-state index contributed by atoms with van der Waals surface area (Å²) in [5.74, 6) is -1.63. The third-order valence-electron chi connectivity index (χ3n) is 5.84. The molecule has 10 nitrogen and oxygen atoms in total. The van der Waals surface area contributed by atoms with Gasteiger partial charge in [0.15, 0.2) is 22.5 Å². The number of aromatic nitrogens is 4. The Balaban J connectivity index is 1.42. The average molecular weight is 542 g/mol. The van der Waals surface area contributed by atoms with Crippen molar-refractivity contribution in [2.24, 2.45) is 0 Å². The minimum Gasteiger partial charge on any atom is -0.483 e. The van der Waals surface area contributed by atoms with Gasteiger partial charge in [0, 0.05) is 30.6 Å². The topological polar surface area (TPSA) is 131 Å². The Morgan fingerprint density at radius 2 is 1.95 bits per heavy atom. The highest BCUT2D eigenvalue weighted by Crippen LogP contribution is 2.24. The van der Waals surface area contributed by atoms with E-state index >= 15 is 0 Å². The number of para-hydroxylation sites is 2. The Bertz CT molecular complexity index is 1410. The zero-order chi connectivity index (χ0) is 27.1. The lowest BCUT2D eigenvalue weighted by atomic mass is 10.1. The van der Waals surface area contributed by atoms with Crippen molar-refractivity contribution in [3.63, 3.8) is 0 Å². The molecule has 0 saturated carbocycles. The van der Waals surface area contributed by atoms with E-state index in [4.69, 9.17) is 9.47 Å². The number of benzene rings is 2. The molecule has 0 fully saturated rings. The number of hydrogen-bond acceptors (Lipinski definition) is 7. The number of aliphatic carboxylic acids is 1. The summed E-state index contributed by atoms with van der Waals surface area (Å²) >= 11 is 1.11. The van der Waals surface area contributed by atoms with E-state index < -0.39 is 23.7 Å². The lowest BCUT2D eigenvalue weighted by molar-refractivity contribution is -0.141. The zero-order valence-electron chi connectivity index (χ0n) is 20.9. The highest BCUT2D eigenvalue weighted by Gasteiger charge is 2.24. The Morgan fingerprint density at radius 1 is 1.18 bits per heavy atom. The maximum absolute atomic E-state index is 14.0. The van der Waals surface area contributed by atoms with Gasteiger partial charge < -0.3 is 24.9 Å². The van der Waals surface area contributed by atoms with E-state index in [9.17, 15) is 19.1 Å². The minimum atomic E-state index is -1.13. The molecule has 0 unspecified atom stereocenters. The molecule has 0 aliphatic heterocycles. The van der Waals surface area contributed by atoms with Crippen LogP contribution in [-0.2, 0) is 27.4 Å². The quantitative estimate of drug-likeness (QED) is 0.219. The van der Waals surface area contributed by atoms with Gasteiger partial charge in [-0.3, -0.25) is 9.36 Å². The fraction of sp³-hybridized carbons (Fsp3) is 0.308. The van der Waals surface area contributed by atoms with Gasteiger partial charge in [0.2, 0.25) is 5.91 Å². The molecule has 0 radical (unpaired) electrons. The van der Waals surface area contributed by atoms with Gasteiger partial charge in [-0.2, -0.15) is 0 Å². The summed E-state index contributed by atoms with van der Waals surface area (Å²) in [7, 11) is 1.57. The fourth-order valence-electron chi connectivity index (χ4n) is 4.05. The number of carboxylic acids is 1. The van der Waals surface area contributed by atoms with Crippen LogP contribution in [0.4, 0.5) is 4.39 Å². The van der Waals surface area contributed by atoms with Gasteiger partial charge in [-0.25, -0.2) is 9.18 Å². The first-order chi connectivity index (χ1) is 18.4. The van der Waals surface area contributed by atoms with Gasteiger partial charge in [0.05, 0.1) is 18.4 Å². The molecule has 4 rings (SSSR count). The molecule has 200 valence electrons.